The quantitative estimate of drug-likeness (QED) is 0.582. The maximum absolute atomic E-state index is 2.52. The molecule has 0 aromatic carbocycles. The van der Waals surface area contributed by atoms with Crippen LogP contribution in [0.5, 0.6) is 0 Å². The summed E-state index contributed by atoms with van der Waals surface area (Å²) >= 11 is 0. The van der Waals surface area contributed by atoms with Gasteiger partial charge in [-0.05, 0) is 32.6 Å². The minimum Gasteiger partial charge on any atom is -0.319 e. The highest BCUT2D eigenvalue weighted by atomic mass is 15.4. The summed E-state index contributed by atoms with van der Waals surface area (Å²) in [6.45, 7) is 12.8. The summed E-state index contributed by atoms with van der Waals surface area (Å²) in [6.07, 6.45) is 5.81. The lowest BCUT2D eigenvalue weighted by Crippen LogP contribution is -2.59. The van der Waals surface area contributed by atoms with E-state index in [9.17, 15) is 0 Å². The van der Waals surface area contributed by atoms with Crippen LogP contribution < -0.4 is 0 Å². The average molecular weight is 210 g/mol. The zero-order chi connectivity index (χ0) is 11.1. The maximum Gasteiger partial charge on any atom is 0.0920 e. The molecule has 2 saturated heterocycles. The molecule has 15 heavy (non-hydrogen) atoms. The molecule has 0 aromatic heterocycles. The average Bonchev–Trinajstić information content (AvgIpc) is 2.43. The van der Waals surface area contributed by atoms with Gasteiger partial charge in [-0.25, -0.2) is 0 Å². The van der Waals surface area contributed by atoms with E-state index >= 15 is 0 Å². The lowest BCUT2D eigenvalue weighted by Gasteiger charge is -2.47. The Balaban J connectivity index is 2.26. The van der Waals surface area contributed by atoms with Gasteiger partial charge in [0.1, 0.15) is 0 Å². The van der Waals surface area contributed by atoms with E-state index in [4.69, 9.17) is 0 Å². The van der Waals surface area contributed by atoms with Crippen molar-refractivity contribution in [3.05, 3.63) is 0 Å². The highest BCUT2D eigenvalue weighted by molar-refractivity contribution is 4.86. The predicted octanol–water partition coefficient (Wildman–Crippen LogP) is 3.44. The van der Waals surface area contributed by atoms with Crippen LogP contribution in [0.15, 0.2) is 0 Å². The van der Waals surface area contributed by atoms with Crippen molar-refractivity contribution in [1.29, 1.82) is 0 Å². The van der Waals surface area contributed by atoms with Gasteiger partial charge >= 0.3 is 0 Å². The number of piperidine rings is 1. The monoisotopic (exact) mass is 210 g/mol. The fourth-order valence-electron chi connectivity index (χ4n) is 4.60. The van der Waals surface area contributed by atoms with Gasteiger partial charge in [-0.2, -0.15) is 0 Å². The Morgan fingerprint density at radius 2 is 1.53 bits per heavy atom. The molecule has 2 heterocycles. The topological polar surface area (TPSA) is 0 Å². The van der Waals surface area contributed by atoms with Crippen LogP contribution in [-0.2, 0) is 0 Å². The van der Waals surface area contributed by atoms with Crippen LogP contribution in [0.2, 0.25) is 0 Å². The van der Waals surface area contributed by atoms with Crippen molar-refractivity contribution in [2.45, 2.75) is 65.5 Å². The standard InChI is InChI=1S/C14H28N/c1-5-14-12(3)11(2)13(4)15(14)9-7-6-8-10-15/h11-14H,5-10H2,1-4H3/q+1. The third-order valence-electron chi connectivity index (χ3n) is 5.74. The molecule has 88 valence electrons. The zero-order valence-electron chi connectivity index (χ0n) is 11.0. The van der Waals surface area contributed by atoms with Crippen molar-refractivity contribution in [3.63, 3.8) is 0 Å². The largest absolute Gasteiger partial charge is 0.319 e. The van der Waals surface area contributed by atoms with E-state index in [1.807, 2.05) is 0 Å². The van der Waals surface area contributed by atoms with Crippen LogP contribution in [-0.4, -0.2) is 29.7 Å². The lowest BCUT2D eigenvalue weighted by molar-refractivity contribution is -0.966. The van der Waals surface area contributed by atoms with Crippen molar-refractivity contribution in [3.8, 4) is 0 Å². The Labute approximate surface area is 95.4 Å². The molecule has 0 bridgehead atoms. The first-order valence-electron chi connectivity index (χ1n) is 7.00. The number of nitrogens with zero attached hydrogens (tertiary/aromatic N) is 1. The summed E-state index contributed by atoms with van der Waals surface area (Å²) in [7, 11) is 0. The molecule has 4 unspecified atom stereocenters. The Hall–Kier alpha value is -0.0400. The van der Waals surface area contributed by atoms with E-state index in [1.54, 1.807) is 0 Å². The highest BCUT2D eigenvalue weighted by Gasteiger charge is 2.54. The summed E-state index contributed by atoms with van der Waals surface area (Å²) in [5, 5.41) is 0. The Morgan fingerprint density at radius 1 is 0.933 bits per heavy atom. The summed E-state index contributed by atoms with van der Waals surface area (Å²) in [5.74, 6) is 1.86. The first kappa shape index (κ1) is 11.4. The molecule has 2 aliphatic heterocycles. The SMILES string of the molecule is CCC1C(C)C(C)C(C)[N+]12CCCCC2. The van der Waals surface area contributed by atoms with E-state index in [0.29, 0.717) is 0 Å². The van der Waals surface area contributed by atoms with E-state index in [1.165, 1.54) is 43.3 Å². The van der Waals surface area contributed by atoms with Crippen LogP contribution in [0.4, 0.5) is 0 Å². The van der Waals surface area contributed by atoms with Gasteiger partial charge in [0.15, 0.2) is 0 Å². The van der Waals surface area contributed by atoms with Gasteiger partial charge in [0, 0.05) is 11.8 Å². The fraction of sp³-hybridized carbons (Fsp3) is 1.00. The molecule has 0 amide bonds. The molecule has 1 heteroatoms. The normalized spacial score (nSPS) is 44.8. The molecule has 2 aliphatic rings. The molecule has 1 nitrogen and oxygen atoms in total. The molecular weight excluding hydrogens is 182 g/mol. The minimum atomic E-state index is 0.908. The summed E-state index contributed by atoms with van der Waals surface area (Å²) in [4.78, 5) is 0. The van der Waals surface area contributed by atoms with E-state index in [-0.39, 0.29) is 0 Å². The van der Waals surface area contributed by atoms with Crippen LogP contribution in [0.25, 0.3) is 0 Å². The van der Waals surface area contributed by atoms with Gasteiger partial charge < -0.3 is 4.48 Å². The minimum absolute atomic E-state index is 0.908. The van der Waals surface area contributed by atoms with Crippen LogP contribution in [0.3, 0.4) is 0 Å². The van der Waals surface area contributed by atoms with Gasteiger partial charge in [0.2, 0.25) is 0 Å². The fourth-order valence-corrected chi connectivity index (χ4v) is 4.60. The Morgan fingerprint density at radius 3 is 2.07 bits per heavy atom. The third kappa shape index (κ3) is 1.54. The van der Waals surface area contributed by atoms with Crippen molar-refractivity contribution in [2.24, 2.45) is 11.8 Å². The smallest absolute Gasteiger partial charge is 0.0920 e. The number of rotatable bonds is 1. The van der Waals surface area contributed by atoms with E-state index in [2.05, 4.69) is 27.7 Å². The van der Waals surface area contributed by atoms with Gasteiger partial charge in [0.25, 0.3) is 0 Å². The van der Waals surface area contributed by atoms with Gasteiger partial charge in [-0.3, -0.25) is 0 Å². The molecule has 0 radical (unpaired) electrons. The highest BCUT2D eigenvalue weighted by Crippen LogP contribution is 2.44. The van der Waals surface area contributed by atoms with E-state index < -0.39 is 0 Å². The second-order valence-electron chi connectivity index (χ2n) is 6.05. The van der Waals surface area contributed by atoms with Crippen LogP contribution >= 0.6 is 0 Å². The number of hydrogen-bond donors (Lipinski definition) is 0. The summed E-state index contributed by atoms with van der Waals surface area (Å²) in [6, 6.07) is 1.86. The Kier molecular flexibility index (Phi) is 3.12. The molecule has 0 aromatic rings. The zero-order valence-corrected chi connectivity index (χ0v) is 11.0. The summed E-state index contributed by atoms with van der Waals surface area (Å²) < 4.78 is 1.47. The number of quaternary nitrogens is 1. The van der Waals surface area contributed by atoms with Crippen LogP contribution in [0, 0.1) is 11.8 Å². The maximum atomic E-state index is 2.52. The molecule has 4 atom stereocenters. The first-order valence-corrected chi connectivity index (χ1v) is 7.00. The molecule has 0 aliphatic carbocycles. The van der Waals surface area contributed by atoms with Gasteiger partial charge in [0.05, 0.1) is 25.2 Å². The van der Waals surface area contributed by atoms with Crippen molar-refractivity contribution in [1.82, 2.24) is 0 Å². The molecule has 0 N–H and O–H groups in total. The lowest BCUT2D eigenvalue weighted by atomic mass is 9.90. The first-order chi connectivity index (χ1) is 7.13. The summed E-state index contributed by atoms with van der Waals surface area (Å²) in [5.41, 5.74) is 0. The van der Waals surface area contributed by atoms with Crippen molar-refractivity contribution in [2.75, 3.05) is 13.1 Å². The molecule has 1 spiro atoms. The van der Waals surface area contributed by atoms with Crippen molar-refractivity contribution >= 4 is 0 Å². The molecule has 2 rings (SSSR count). The third-order valence-corrected chi connectivity index (χ3v) is 5.74. The second-order valence-corrected chi connectivity index (χ2v) is 6.05. The second kappa shape index (κ2) is 4.08. The molecule has 2 fully saturated rings. The van der Waals surface area contributed by atoms with Gasteiger partial charge in [-0.1, -0.05) is 20.8 Å². The van der Waals surface area contributed by atoms with E-state index in [0.717, 1.165) is 23.9 Å². The van der Waals surface area contributed by atoms with Crippen LogP contribution in [0.1, 0.15) is 53.4 Å². The molecule has 0 saturated carbocycles. The molecular formula is C14H28N+. The van der Waals surface area contributed by atoms with Gasteiger partial charge in [-0.15, -0.1) is 0 Å². The predicted molar refractivity (Wildman–Crippen MR) is 65.7 cm³/mol. The van der Waals surface area contributed by atoms with Crippen molar-refractivity contribution < 1.29 is 4.48 Å². The number of hydrogen-bond acceptors (Lipinski definition) is 0. The Bertz CT molecular complexity index is 217.